The Morgan fingerprint density at radius 1 is 1.64 bits per heavy atom. The van der Waals surface area contributed by atoms with Crippen LogP contribution in [0.1, 0.15) is 22.2 Å². The van der Waals surface area contributed by atoms with Gasteiger partial charge in [0.25, 0.3) is 5.91 Å². The Bertz CT molecular complexity index is 313. The third-order valence-corrected chi connectivity index (χ3v) is 1.63. The van der Waals surface area contributed by atoms with Gasteiger partial charge in [-0.05, 0) is 6.07 Å². The minimum atomic E-state index is -1.36. The van der Waals surface area contributed by atoms with Crippen molar-refractivity contribution < 1.29 is 9.18 Å². The summed E-state index contributed by atoms with van der Waals surface area (Å²) in [7, 11) is 0. The Labute approximate surface area is 62.3 Å². The first-order valence-electron chi connectivity index (χ1n) is 3.18. The summed E-state index contributed by atoms with van der Waals surface area (Å²) in [6, 6.07) is 1.50. The maximum absolute atomic E-state index is 12.8. The molecule has 1 unspecified atom stereocenters. The molecule has 56 valence electrons. The highest BCUT2D eigenvalue weighted by atomic mass is 19.1. The van der Waals surface area contributed by atoms with Gasteiger partial charge in [-0.25, -0.2) is 4.39 Å². The molecule has 0 saturated carbocycles. The molecule has 0 radical (unpaired) electrons. The number of hydrogen-bond acceptors (Lipinski definition) is 2. The highest BCUT2D eigenvalue weighted by Gasteiger charge is 2.27. The molecule has 2 rings (SSSR count). The lowest BCUT2D eigenvalue weighted by Gasteiger charge is -1.96. The second-order valence-corrected chi connectivity index (χ2v) is 2.30. The highest BCUT2D eigenvalue weighted by molar-refractivity contribution is 5.98. The molecule has 1 aliphatic heterocycles. The molecule has 0 bridgehead atoms. The largest absolute Gasteiger partial charge is 0.319 e. The van der Waals surface area contributed by atoms with Gasteiger partial charge < -0.3 is 5.32 Å². The molecule has 1 amide bonds. The standard InChI is InChI=1S/C7H5FN2O/c8-6-4-1-2-9-3-5(4)7(11)10-6/h1-3,6H,(H,10,11). The number of halogens is 1. The van der Waals surface area contributed by atoms with Gasteiger partial charge in [-0.2, -0.15) is 0 Å². The molecule has 2 heterocycles. The fourth-order valence-electron chi connectivity index (χ4n) is 1.09. The van der Waals surface area contributed by atoms with E-state index in [1.54, 1.807) is 0 Å². The van der Waals surface area contributed by atoms with E-state index >= 15 is 0 Å². The molecular formula is C7H5FN2O. The number of rotatable bonds is 0. The first-order valence-corrected chi connectivity index (χ1v) is 3.18. The zero-order valence-corrected chi connectivity index (χ0v) is 5.54. The minimum Gasteiger partial charge on any atom is -0.319 e. The zero-order chi connectivity index (χ0) is 7.84. The number of carbonyl (C=O) groups is 1. The molecule has 1 aliphatic rings. The lowest BCUT2D eigenvalue weighted by molar-refractivity contribution is 0.0928. The van der Waals surface area contributed by atoms with Gasteiger partial charge >= 0.3 is 0 Å². The zero-order valence-electron chi connectivity index (χ0n) is 5.54. The molecule has 0 saturated heterocycles. The van der Waals surface area contributed by atoms with E-state index in [0.717, 1.165) is 0 Å². The fourth-order valence-corrected chi connectivity index (χ4v) is 1.09. The number of nitrogens with zero attached hydrogens (tertiary/aromatic N) is 1. The van der Waals surface area contributed by atoms with Gasteiger partial charge in [0, 0.05) is 18.0 Å². The minimum absolute atomic E-state index is 0.333. The predicted octanol–water partition coefficient (Wildman–Crippen LogP) is 0.793. The molecule has 1 atom stereocenters. The van der Waals surface area contributed by atoms with Crippen LogP contribution in [0, 0.1) is 0 Å². The summed E-state index contributed by atoms with van der Waals surface area (Å²) in [6.07, 6.45) is 1.47. The molecule has 11 heavy (non-hydrogen) atoms. The Balaban J connectivity index is 2.60. The van der Waals surface area contributed by atoms with Crippen LogP contribution in [0.2, 0.25) is 0 Å². The number of amides is 1. The van der Waals surface area contributed by atoms with E-state index in [2.05, 4.69) is 10.3 Å². The van der Waals surface area contributed by atoms with Crippen LogP contribution in [0.5, 0.6) is 0 Å². The van der Waals surface area contributed by atoms with Crippen LogP contribution in [0.4, 0.5) is 4.39 Å². The van der Waals surface area contributed by atoms with Crippen LogP contribution in [0.25, 0.3) is 0 Å². The van der Waals surface area contributed by atoms with E-state index < -0.39 is 6.30 Å². The Kier molecular flexibility index (Phi) is 1.15. The smallest absolute Gasteiger partial charge is 0.255 e. The summed E-state index contributed by atoms with van der Waals surface area (Å²) in [5.74, 6) is -0.388. The molecule has 0 fully saturated rings. The van der Waals surface area contributed by atoms with Gasteiger partial charge in [0.15, 0.2) is 6.30 Å². The van der Waals surface area contributed by atoms with Gasteiger partial charge in [0.1, 0.15) is 0 Å². The van der Waals surface area contributed by atoms with E-state index in [0.29, 0.717) is 11.1 Å². The molecule has 0 spiro atoms. The van der Waals surface area contributed by atoms with Gasteiger partial charge in [0.2, 0.25) is 0 Å². The number of hydrogen-bond donors (Lipinski definition) is 1. The average Bonchev–Trinajstić information content (AvgIpc) is 2.30. The van der Waals surface area contributed by atoms with Crippen LogP contribution in [-0.4, -0.2) is 10.9 Å². The van der Waals surface area contributed by atoms with Gasteiger partial charge in [-0.3, -0.25) is 9.78 Å². The Hall–Kier alpha value is -1.45. The molecule has 1 aromatic rings. The topological polar surface area (TPSA) is 42.0 Å². The maximum Gasteiger partial charge on any atom is 0.255 e. The average molecular weight is 152 g/mol. The predicted molar refractivity (Wildman–Crippen MR) is 35.6 cm³/mol. The highest BCUT2D eigenvalue weighted by Crippen LogP contribution is 2.24. The van der Waals surface area contributed by atoms with E-state index in [4.69, 9.17) is 0 Å². The second kappa shape index (κ2) is 2.02. The van der Waals surface area contributed by atoms with Crippen LogP contribution in [0.3, 0.4) is 0 Å². The van der Waals surface area contributed by atoms with E-state index in [1.165, 1.54) is 18.5 Å². The number of pyridine rings is 1. The molecule has 1 N–H and O–H groups in total. The normalized spacial score (nSPS) is 21.2. The second-order valence-electron chi connectivity index (χ2n) is 2.30. The molecule has 0 aromatic carbocycles. The molecule has 4 heteroatoms. The summed E-state index contributed by atoms with van der Waals surface area (Å²) in [4.78, 5) is 14.6. The van der Waals surface area contributed by atoms with Crippen molar-refractivity contribution in [2.24, 2.45) is 0 Å². The number of nitrogens with one attached hydrogen (secondary N) is 1. The van der Waals surface area contributed by atoms with Crippen molar-refractivity contribution in [2.75, 3.05) is 0 Å². The third-order valence-electron chi connectivity index (χ3n) is 1.63. The SMILES string of the molecule is O=C1NC(F)c2ccncc21. The van der Waals surface area contributed by atoms with Crippen LogP contribution in [-0.2, 0) is 0 Å². The lowest BCUT2D eigenvalue weighted by Crippen LogP contribution is -2.15. The summed E-state index contributed by atoms with van der Waals surface area (Å²) >= 11 is 0. The molecule has 1 aromatic heterocycles. The van der Waals surface area contributed by atoms with Gasteiger partial charge in [-0.1, -0.05) is 0 Å². The number of carbonyl (C=O) groups excluding carboxylic acids is 1. The molecular weight excluding hydrogens is 147 g/mol. The van der Waals surface area contributed by atoms with E-state index in [9.17, 15) is 9.18 Å². The Morgan fingerprint density at radius 2 is 2.45 bits per heavy atom. The summed E-state index contributed by atoms with van der Waals surface area (Å²) in [5.41, 5.74) is 0.713. The first kappa shape index (κ1) is 6.27. The van der Waals surface area contributed by atoms with Crippen molar-refractivity contribution in [3.05, 3.63) is 29.6 Å². The van der Waals surface area contributed by atoms with Gasteiger partial charge in [-0.15, -0.1) is 0 Å². The fraction of sp³-hybridized carbons (Fsp3) is 0.143. The summed E-state index contributed by atoms with van der Waals surface area (Å²) in [6.45, 7) is 0. The van der Waals surface area contributed by atoms with Crippen molar-refractivity contribution in [1.82, 2.24) is 10.3 Å². The molecule has 0 aliphatic carbocycles. The van der Waals surface area contributed by atoms with Crippen LogP contribution < -0.4 is 5.32 Å². The van der Waals surface area contributed by atoms with Crippen molar-refractivity contribution in [1.29, 1.82) is 0 Å². The summed E-state index contributed by atoms with van der Waals surface area (Å²) < 4.78 is 12.8. The number of aromatic nitrogens is 1. The third kappa shape index (κ3) is 0.790. The van der Waals surface area contributed by atoms with Crippen molar-refractivity contribution in [3.63, 3.8) is 0 Å². The quantitative estimate of drug-likeness (QED) is 0.558. The van der Waals surface area contributed by atoms with E-state index in [1.807, 2.05) is 0 Å². The van der Waals surface area contributed by atoms with E-state index in [-0.39, 0.29) is 5.91 Å². The Morgan fingerprint density at radius 3 is 3.18 bits per heavy atom. The first-order chi connectivity index (χ1) is 5.29. The number of fused-ring (bicyclic) bond motifs is 1. The van der Waals surface area contributed by atoms with Crippen molar-refractivity contribution in [2.45, 2.75) is 6.30 Å². The van der Waals surface area contributed by atoms with Crippen LogP contribution in [0.15, 0.2) is 18.5 Å². The number of alkyl halides is 1. The monoisotopic (exact) mass is 152 g/mol. The van der Waals surface area contributed by atoms with Crippen molar-refractivity contribution >= 4 is 5.91 Å². The summed E-state index contributed by atoms with van der Waals surface area (Å²) in [5, 5.41) is 2.14. The molecule has 3 nitrogen and oxygen atoms in total. The maximum atomic E-state index is 12.8. The van der Waals surface area contributed by atoms with Crippen LogP contribution >= 0.6 is 0 Å². The van der Waals surface area contributed by atoms with Crippen molar-refractivity contribution in [3.8, 4) is 0 Å². The van der Waals surface area contributed by atoms with Gasteiger partial charge in [0.05, 0.1) is 5.56 Å². The lowest BCUT2D eigenvalue weighted by atomic mass is 10.2.